The third kappa shape index (κ3) is 3.10. The zero-order valence-corrected chi connectivity index (χ0v) is 16.9. The second-order valence-corrected chi connectivity index (χ2v) is 7.85. The third-order valence-electron chi connectivity index (χ3n) is 5.33. The summed E-state index contributed by atoms with van der Waals surface area (Å²) in [6.45, 7) is 9.30. The molecule has 1 atom stereocenters. The fraction of sp³-hybridized carbons (Fsp3) is 0.526. The summed E-state index contributed by atoms with van der Waals surface area (Å²) in [4.78, 5) is 14.9. The Morgan fingerprint density at radius 3 is 2.79 bits per heavy atom. The van der Waals surface area contributed by atoms with Crippen LogP contribution in [-0.2, 0) is 13.6 Å². The van der Waals surface area contributed by atoms with E-state index in [9.17, 15) is 4.79 Å². The highest BCUT2D eigenvalue weighted by Crippen LogP contribution is 2.29. The minimum absolute atomic E-state index is 0.155. The van der Waals surface area contributed by atoms with Gasteiger partial charge in [0.05, 0.1) is 24.3 Å². The summed E-state index contributed by atoms with van der Waals surface area (Å²) in [5.41, 5.74) is 2.08. The van der Waals surface area contributed by atoms with E-state index in [-0.39, 0.29) is 11.9 Å². The second kappa shape index (κ2) is 6.88. The van der Waals surface area contributed by atoms with Crippen LogP contribution in [0.5, 0.6) is 0 Å². The van der Waals surface area contributed by atoms with Gasteiger partial charge in [-0.05, 0) is 26.2 Å². The van der Waals surface area contributed by atoms with Gasteiger partial charge in [0, 0.05) is 25.4 Å². The van der Waals surface area contributed by atoms with Crippen molar-refractivity contribution in [2.75, 3.05) is 6.54 Å². The summed E-state index contributed by atoms with van der Waals surface area (Å²) in [6, 6.07) is 1.85. The first-order valence-corrected chi connectivity index (χ1v) is 9.50. The van der Waals surface area contributed by atoms with E-state index in [0.717, 1.165) is 29.3 Å². The predicted molar refractivity (Wildman–Crippen MR) is 101 cm³/mol. The molecule has 0 radical (unpaired) electrons. The van der Waals surface area contributed by atoms with Crippen LogP contribution < -0.4 is 0 Å². The molecule has 9 heteroatoms. The van der Waals surface area contributed by atoms with Gasteiger partial charge in [-0.3, -0.25) is 9.48 Å². The quantitative estimate of drug-likeness (QED) is 0.687. The van der Waals surface area contributed by atoms with Crippen molar-refractivity contribution in [3.05, 3.63) is 35.3 Å². The van der Waals surface area contributed by atoms with Gasteiger partial charge in [0.15, 0.2) is 17.3 Å². The molecule has 28 heavy (non-hydrogen) atoms. The summed E-state index contributed by atoms with van der Waals surface area (Å²) in [5.74, 6) is 2.60. The molecule has 0 N–H and O–H groups in total. The molecule has 1 aliphatic rings. The normalized spacial score (nSPS) is 16.6. The zero-order chi connectivity index (χ0) is 20.0. The van der Waals surface area contributed by atoms with Crippen molar-refractivity contribution in [1.82, 2.24) is 34.6 Å². The number of amides is 1. The number of hydrogen-bond acceptors (Lipinski definition) is 6. The first-order valence-electron chi connectivity index (χ1n) is 9.50. The molecule has 9 nitrogen and oxygen atoms in total. The summed E-state index contributed by atoms with van der Waals surface area (Å²) < 4.78 is 9.36. The number of fused-ring (bicyclic) bond motifs is 1. The standard InChI is InChI=1S/C19H25N7O2/c1-11(2)6-14-9-25(10-18-22-21-13(4)26(14)18)19(27)16-7-17(28-23-16)15-8-20-24(5)12(15)3/h7-8,11,14H,6,9-10H2,1-5H3/t14-/m0/s1. The van der Waals surface area contributed by atoms with Crippen molar-refractivity contribution in [3.63, 3.8) is 0 Å². The first-order chi connectivity index (χ1) is 13.3. The fourth-order valence-corrected chi connectivity index (χ4v) is 3.85. The summed E-state index contributed by atoms with van der Waals surface area (Å²) in [7, 11) is 1.86. The van der Waals surface area contributed by atoms with E-state index in [1.165, 1.54) is 0 Å². The fourth-order valence-electron chi connectivity index (χ4n) is 3.85. The molecule has 3 aromatic rings. The highest BCUT2D eigenvalue weighted by molar-refractivity contribution is 5.93. The van der Waals surface area contributed by atoms with Crippen molar-refractivity contribution in [2.45, 2.75) is 46.7 Å². The van der Waals surface area contributed by atoms with Crippen LogP contribution in [0.25, 0.3) is 11.3 Å². The Hall–Kier alpha value is -2.97. The number of rotatable bonds is 4. The van der Waals surface area contributed by atoms with Gasteiger partial charge >= 0.3 is 0 Å². The highest BCUT2D eigenvalue weighted by atomic mass is 16.5. The summed E-state index contributed by atoms with van der Waals surface area (Å²) in [5, 5.41) is 16.7. The number of carbonyl (C=O) groups is 1. The SMILES string of the molecule is Cc1c(-c2cc(C(=O)N3Cc4nnc(C)n4[C@@H](CC(C)C)C3)no2)cnn1C. The average molecular weight is 383 g/mol. The number of carbonyl (C=O) groups excluding carboxylic acids is 1. The Morgan fingerprint density at radius 2 is 2.11 bits per heavy atom. The van der Waals surface area contributed by atoms with Crippen molar-refractivity contribution in [3.8, 4) is 11.3 Å². The number of aromatic nitrogens is 6. The Labute approximate surface area is 163 Å². The molecule has 4 rings (SSSR count). The van der Waals surface area contributed by atoms with E-state index in [1.807, 2.05) is 20.9 Å². The molecular weight excluding hydrogens is 358 g/mol. The molecule has 0 unspecified atom stereocenters. The van der Waals surface area contributed by atoms with Gasteiger partial charge in [0.2, 0.25) is 0 Å². The van der Waals surface area contributed by atoms with Crippen molar-refractivity contribution < 1.29 is 9.32 Å². The Kier molecular flexibility index (Phi) is 4.52. The maximum Gasteiger partial charge on any atom is 0.276 e. The number of hydrogen-bond donors (Lipinski definition) is 0. The van der Waals surface area contributed by atoms with Gasteiger partial charge in [-0.1, -0.05) is 19.0 Å². The van der Waals surface area contributed by atoms with Gasteiger partial charge in [-0.15, -0.1) is 10.2 Å². The van der Waals surface area contributed by atoms with Crippen molar-refractivity contribution >= 4 is 5.91 Å². The maximum absolute atomic E-state index is 13.1. The van der Waals surface area contributed by atoms with Crippen LogP contribution in [0.15, 0.2) is 16.8 Å². The largest absolute Gasteiger partial charge is 0.355 e. The molecule has 0 bridgehead atoms. The van der Waals surface area contributed by atoms with Crippen LogP contribution in [0.3, 0.4) is 0 Å². The predicted octanol–water partition coefficient (Wildman–Crippen LogP) is 2.53. The molecule has 1 aliphatic heterocycles. The van der Waals surface area contributed by atoms with Gasteiger partial charge in [-0.25, -0.2) is 0 Å². The van der Waals surface area contributed by atoms with Gasteiger partial charge in [-0.2, -0.15) is 5.10 Å². The van der Waals surface area contributed by atoms with Crippen LogP contribution in [0.1, 0.15) is 54.1 Å². The molecule has 148 valence electrons. The lowest BCUT2D eigenvalue weighted by Crippen LogP contribution is -2.42. The van der Waals surface area contributed by atoms with E-state index in [4.69, 9.17) is 4.52 Å². The first kappa shape index (κ1) is 18.4. The molecule has 0 fully saturated rings. The number of aryl methyl sites for hydroxylation is 2. The summed E-state index contributed by atoms with van der Waals surface area (Å²) in [6.07, 6.45) is 2.67. The zero-order valence-electron chi connectivity index (χ0n) is 16.9. The monoisotopic (exact) mass is 383 g/mol. The second-order valence-electron chi connectivity index (χ2n) is 7.85. The molecule has 0 spiro atoms. The molecule has 0 aromatic carbocycles. The van der Waals surface area contributed by atoms with E-state index >= 15 is 0 Å². The molecule has 1 amide bonds. The maximum atomic E-state index is 13.1. The van der Waals surface area contributed by atoms with E-state index in [2.05, 4.69) is 38.9 Å². The molecule has 0 saturated carbocycles. The third-order valence-corrected chi connectivity index (χ3v) is 5.33. The summed E-state index contributed by atoms with van der Waals surface area (Å²) >= 11 is 0. The molecule has 0 aliphatic carbocycles. The van der Waals surface area contributed by atoms with Crippen LogP contribution in [0.4, 0.5) is 0 Å². The minimum atomic E-state index is -0.155. The minimum Gasteiger partial charge on any atom is -0.355 e. The Balaban J connectivity index is 1.59. The van der Waals surface area contributed by atoms with Crippen molar-refractivity contribution in [2.24, 2.45) is 13.0 Å². The Bertz CT molecular complexity index is 1010. The van der Waals surface area contributed by atoms with Crippen molar-refractivity contribution in [1.29, 1.82) is 0 Å². The molecular formula is C19H25N7O2. The Morgan fingerprint density at radius 1 is 1.32 bits per heavy atom. The van der Waals surface area contributed by atoms with Crippen LogP contribution in [0.2, 0.25) is 0 Å². The lowest BCUT2D eigenvalue weighted by molar-refractivity contribution is 0.0650. The van der Waals surface area contributed by atoms with Gasteiger partial charge < -0.3 is 14.0 Å². The van der Waals surface area contributed by atoms with Gasteiger partial charge in [0.25, 0.3) is 5.91 Å². The van der Waals surface area contributed by atoms with E-state index in [0.29, 0.717) is 30.5 Å². The van der Waals surface area contributed by atoms with Crippen LogP contribution >= 0.6 is 0 Å². The van der Waals surface area contributed by atoms with Crippen LogP contribution in [0, 0.1) is 19.8 Å². The van der Waals surface area contributed by atoms with Crippen LogP contribution in [-0.4, -0.2) is 47.1 Å². The lowest BCUT2D eigenvalue weighted by atomic mass is 10.0. The smallest absolute Gasteiger partial charge is 0.276 e. The highest BCUT2D eigenvalue weighted by Gasteiger charge is 2.32. The average Bonchev–Trinajstić information content (AvgIpc) is 3.35. The van der Waals surface area contributed by atoms with E-state index < -0.39 is 0 Å². The topological polar surface area (TPSA) is 94.9 Å². The molecule has 3 aromatic heterocycles. The van der Waals surface area contributed by atoms with Gasteiger partial charge in [0.1, 0.15) is 5.82 Å². The lowest BCUT2D eigenvalue weighted by Gasteiger charge is -2.34. The molecule has 4 heterocycles. The number of nitrogens with zero attached hydrogens (tertiary/aromatic N) is 7. The molecule has 0 saturated heterocycles. The van der Waals surface area contributed by atoms with E-state index in [1.54, 1.807) is 21.8 Å².